The molecule has 0 bridgehead atoms. The van der Waals surface area contributed by atoms with Gasteiger partial charge in [-0.3, -0.25) is 14.4 Å². The first kappa shape index (κ1) is 28.7. The topological polar surface area (TPSA) is 210 Å². The molecule has 0 spiro atoms. The Morgan fingerprint density at radius 3 is 1.63 bits per heavy atom. The summed E-state index contributed by atoms with van der Waals surface area (Å²) < 4.78 is 52.3. The molecule has 202 valence electrons. The summed E-state index contributed by atoms with van der Waals surface area (Å²) in [6, 6.07) is 5.25. The summed E-state index contributed by atoms with van der Waals surface area (Å²) in [6.45, 7) is 3.23. The van der Waals surface area contributed by atoms with Gasteiger partial charge in [-0.05, 0) is 49.2 Å². The van der Waals surface area contributed by atoms with Crippen LogP contribution in [0.5, 0.6) is 0 Å². The first-order valence-electron chi connectivity index (χ1n) is 11.1. The zero-order chi connectivity index (χ0) is 28.6. The van der Waals surface area contributed by atoms with E-state index < -0.39 is 37.5 Å². The van der Waals surface area contributed by atoms with Crippen molar-refractivity contribution in [3.63, 3.8) is 0 Å². The van der Waals surface area contributed by atoms with Crippen molar-refractivity contribution in [2.45, 2.75) is 36.5 Å². The Morgan fingerprint density at radius 2 is 1.21 bits per heavy atom. The van der Waals surface area contributed by atoms with E-state index in [1.165, 1.54) is 31.4 Å². The van der Waals surface area contributed by atoms with Crippen LogP contribution >= 0.6 is 0 Å². The normalized spacial score (nSPS) is 16.7. The van der Waals surface area contributed by atoms with E-state index in [-0.39, 0.29) is 68.0 Å². The number of esters is 1. The first-order valence-corrected chi connectivity index (χ1v) is 14.4. The lowest BCUT2D eigenvalue weighted by atomic mass is 10.0. The van der Waals surface area contributed by atoms with E-state index in [0.29, 0.717) is 11.1 Å². The Bertz CT molecular complexity index is 1640. The maximum Gasteiger partial charge on any atom is 0.338 e. The van der Waals surface area contributed by atoms with Crippen LogP contribution in [0.3, 0.4) is 0 Å². The van der Waals surface area contributed by atoms with E-state index in [9.17, 15) is 36.0 Å². The van der Waals surface area contributed by atoms with E-state index >= 15 is 0 Å². The number of nitrogens with two attached hydrogens (primary N) is 2. The van der Waals surface area contributed by atoms with Crippen molar-refractivity contribution in [1.29, 1.82) is 0 Å². The number of carbonyl (C=O) groups excluding carboxylic acids is 4. The quantitative estimate of drug-likeness (QED) is 0.298. The lowest BCUT2D eigenvalue weighted by Crippen LogP contribution is -2.25. The van der Waals surface area contributed by atoms with Gasteiger partial charge >= 0.3 is 5.97 Å². The molecule has 2 aliphatic heterocycles. The van der Waals surface area contributed by atoms with Gasteiger partial charge in [0, 0.05) is 29.5 Å². The molecule has 0 aromatic heterocycles. The van der Waals surface area contributed by atoms with Gasteiger partial charge in [-0.2, -0.15) is 4.99 Å². The summed E-state index contributed by atoms with van der Waals surface area (Å²) in [7, 11) is -5.82. The molecule has 0 fully saturated rings. The maximum atomic E-state index is 12.0. The van der Waals surface area contributed by atoms with E-state index in [1.807, 2.05) is 0 Å². The highest BCUT2D eigenvalue weighted by atomic mass is 32.2. The number of sulfone groups is 2. The molecule has 4 N–H and O–H groups in total. The summed E-state index contributed by atoms with van der Waals surface area (Å²) in [5.41, 5.74) is 11.8. The number of aryl methyl sites for hydroxylation is 2. The van der Waals surface area contributed by atoms with Gasteiger partial charge in [-0.15, -0.1) is 0 Å². The highest BCUT2D eigenvalue weighted by Gasteiger charge is 2.32. The number of methoxy groups -OCH3 is 1. The summed E-state index contributed by atoms with van der Waals surface area (Å²) in [5.74, 6) is -2.67. The summed E-state index contributed by atoms with van der Waals surface area (Å²) in [5, 5.41) is 0. The SMILES string of the molecule is COC(=O)c1cc2c(cc1C)C(=O)CCS2(=O)=O.Cc1cc2c(cc1C(=O)N=C(N)N)S(=O)(=O)CCC2=O. The molecule has 0 aliphatic carbocycles. The number of nitrogens with zero attached hydrogens (tertiary/aromatic N) is 1. The third kappa shape index (κ3) is 5.65. The molecule has 0 atom stereocenters. The Hall–Kier alpha value is -3.91. The predicted molar refractivity (Wildman–Crippen MR) is 136 cm³/mol. The standard InChI is InChI=1S/C12H13N3O4S.C12H12O5S/c1-6-4-8-9(16)2-3-20(18,19)10(8)5-7(6)11(17)15-12(13)14;1-7-5-9-10(13)3-4-18(15,16)11(9)6-8(7)12(14)17-2/h4-5H,2-3H2,1H3,(H4,13,14,15,17);5-6H,3-4H2,1-2H3. The van der Waals surface area contributed by atoms with Crippen LogP contribution in [0, 0.1) is 13.8 Å². The number of hydrogen-bond donors (Lipinski definition) is 2. The Balaban J connectivity index is 0.000000212. The molecule has 4 rings (SSSR count). The van der Waals surface area contributed by atoms with Crippen LogP contribution in [0.4, 0.5) is 0 Å². The summed E-state index contributed by atoms with van der Waals surface area (Å²) in [4.78, 5) is 50.0. The molecule has 0 saturated carbocycles. The van der Waals surface area contributed by atoms with E-state index in [1.54, 1.807) is 13.8 Å². The van der Waals surface area contributed by atoms with Crippen LogP contribution in [0.15, 0.2) is 39.0 Å². The number of hydrogen-bond acceptors (Lipinski definition) is 9. The molecule has 38 heavy (non-hydrogen) atoms. The number of benzene rings is 2. The Morgan fingerprint density at radius 1 is 0.789 bits per heavy atom. The third-order valence-electron chi connectivity index (χ3n) is 5.99. The van der Waals surface area contributed by atoms with Crippen molar-refractivity contribution in [2.75, 3.05) is 18.6 Å². The van der Waals surface area contributed by atoms with Crippen LogP contribution in [-0.4, -0.2) is 64.9 Å². The molecule has 12 nitrogen and oxygen atoms in total. The number of Topliss-reactive ketones (excluding diaryl/α,β-unsaturated/α-hetero) is 2. The Labute approximate surface area is 218 Å². The van der Waals surface area contributed by atoms with Crippen molar-refractivity contribution in [3.05, 3.63) is 57.6 Å². The molecule has 0 radical (unpaired) electrons. The predicted octanol–water partition coefficient (Wildman–Crippen LogP) is 0.910. The minimum atomic E-state index is -3.56. The molecule has 2 aromatic carbocycles. The number of amides is 1. The smallest absolute Gasteiger partial charge is 0.338 e. The zero-order valence-electron chi connectivity index (χ0n) is 20.7. The van der Waals surface area contributed by atoms with E-state index in [2.05, 4.69) is 9.73 Å². The third-order valence-corrected chi connectivity index (χ3v) is 9.49. The summed E-state index contributed by atoms with van der Waals surface area (Å²) in [6.07, 6.45) is -0.0533. The van der Waals surface area contributed by atoms with Gasteiger partial charge in [0.25, 0.3) is 5.91 Å². The average molecular weight is 564 g/mol. The van der Waals surface area contributed by atoms with Gasteiger partial charge in [0.15, 0.2) is 37.2 Å². The summed E-state index contributed by atoms with van der Waals surface area (Å²) >= 11 is 0. The molecule has 1 amide bonds. The number of fused-ring (bicyclic) bond motifs is 2. The fourth-order valence-corrected chi connectivity index (χ4v) is 6.97. The number of ether oxygens (including phenoxy) is 1. The van der Waals surface area contributed by atoms with Gasteiger partial charge < -0.3 is 16.2 Å². The lowest BCUT2D eigenvalue weighted by molar-refractivity contribution is 0.0598. The number of carbonyl (C=O) groups is 4. The molecular formula is C24H25N3O9S2. The largest absolute Gasteiger partial charge is 0.465 e. The molecule has 0 saturated heterocycles. The van der Waals surface area contributed by atoms with E-state index in [4.69, 9.17) is 11.5 Å². The molecule has 2 heterocycles. The van der Waals surface area contributed by atoms with Crippen molar-refractivity contribution in [1.82, 2.24) is 0 Å². The van der Waals surface area contributed by atoms with E-state index in [0.717, 1.165) is 0 Å². The minimum Gasteiger partial charge on any atom is -0.465 e. The fraction of sp³-hybridized carbons (Fsp3) is 0.292. The van der Waals surface area contributed by atoms with Crippen molar-refractivity contribution in [3.8, 4) is 0 Å². The van der Waals surface area contributed by atoms with Gasteiger partial charge in [0.05, 0.1) is 34.0 Å². The highest BCUT2D eigenvalue weighted by Crippen LogP contribution is 2.29. The van der Waals surface area contributed by atoms with Gasteiger partial charge in [0.2, 0.25) is 0 Å². The van der Waals surface area contributed by atoms with Gasteiger partial charge in [-0.25, -0.2) is 21.6 Å². The molecule has 0 unspecified atom stereocenters. The van der Waals surface area contributed by atoms with Gasteiger partial charge in [0.1, 0.15) is 0 Å². The number of ketones is 2. The average Bonchev–Trinajstić information content (AvgIpc) is 2.83. The molecular weight excluding hydrogens is 538 g/mol. The lowest BCUT2D eigenvalue weighted by Gasteiger charge is -2.17. The van der Waals surface area contributed by atoms with Crippen molar-refractivity contribution >= 4 is 49.1 Å². The van der Waals surface area contributed by atoms with Crippen molar-refractivity contribution in [2.24, 2.45) is 16.5 Å². The first-order chi connectivity index (χ1) is 17.6. The molecule has 14 heteroatoms. The highest BCUT2D eigenvalue weighted by molar-refractivity contribution is 7.92. The van der Waals surface area contributed by atoms with Crippen molar-refractivity contribution < 1.29 is 40.8 Å². The minimum absolute atomic E-state index is 0.00760. The second kappa shape index (κ2) is 10.5. The molecule has 2 aromatic rings. The fourth-order valence-electron chi connectivity index (χ4n) is 4.01. The molecule has 2 aliphatic rings. The zero-order valence-corrected chi connectivity index (χ0v) is 22.4. The van der Waals surface area contributed by atoms with Crippen LogP contribution in [0.1, 0.15) is 65.4 Å². The second-order valence-corrected chi connectivity index (χ2v) is 12.8. The van der Waals surface area contributed by atoms with Crippen LogP contribution in [0.25, 0.3) is 0 Å². The second-order valence-electron chi connectivity index (χ2n) is 8.64. The van der Waals surface area contributed by atoms with Gasteiger partial charge in [-0.1, -0.05) is 0 Å². The number of rotatable bonds is 2. The maximum absolute atomic E-state index is 12.0. The van der Waals surface area contributed by atoms with Crippen LogP contribution < -0.4 is 11.5 Å². The van der Waals surface area contributed by atoms with Crippen LogP contribution in [-0.2, 0) is 24.4 Å². The number of aliphatic imine (C=N–C) groups is 1. The number of guanidine groups is 1. The Kier molecular flexibility index (Phi) is 7.88. The van der Waals surface area contributed by atoms with Crippen LogP contribution in [0.2, 0.25) is 0 Å². The monoisotopic (exact) mass is 563 g/mol.